The summed E-state index contributed by atoms with van der Waals surface area (Å²) in [6.45, 7) is 12.1. The Kier molecular flexibility index (Phi) is 4.89. The average Bonchev–Trinajstić information content (AvgIpc) is 2.02. The maximum Gasteiger partial charge on any atom is 0.247 e. The van der Waals surface area contributed by atoms with E-state index in [-0.39, 0.29) is 11.4 Å². The molecule has 0 atom stereocenters. The number of amides is 1. The number of hydrogen-bond donors (Lipinski definition) is 1. The van der Waals surface area contributed by atoms with Crippen LogP contribution in [0.4, 0.5) is 0 Å². The van der Waals surface area contributed by atoms with Crippen molar-refractivity contribution < 1.29 is 4.79 Å². The monoisotopic (exact) mass is 197 g/mol. The topological polar surface area (TPSA) is 29.1 Å². The number of carbonyl (C=O) groups excluding carboxylic acids is 1. The van der Waals surface area contributed by atoms with E-state index in [0.717, 1.165) is 12.0 Å². The van der Waals surface area contributed by atoms with E-state index in [0.29, 0.717) is 5.92 Å². The molecule has 2 nitrogen and oxygen atoms in total. The van der Waals surface area contributed by atoms with Crippen molar-refractivity contribution in [2.45, 2.75) is 53.5 Å². The van der Waals surface area contributed by atoms with Crippen molar-refractivity contribution >= 4 is 5.91 Å². The third-order valence-electron chi connectivity index (χ3n) is 2.28. The molecule has 0 saturated heterocycles. The summed E-state index contributed by atoms with van der Waals surface area (Å²) in [6.07, 6.45) is 2.93. The lowest BCUT2D eigenvalue weighted by atomic mass is 10.0. The highest BCUT2D eigenvalue weighted by Gasteiger charge is 2.18. The first-order valence-electron chi connectivity index (χ1n) is 5.29. The minimum atomic E-state index is -0.108. The first-order valence-corrected chi connectivity index (χ1v) is 5.29. The van der Waals surface area contributed by atoms with Crippen LogP contribution < -0.4 is 5.32 Å². The molecule has 0 aromatic heterocycles. The highest BCUT2D eigenvalue weighted by molar-refractivity contribution is 5.93. The van der Waals surface area contributed by atoms with Gasteiger partial charge in [-0.25, -0.2) is 0 Å². The lowest BCUT2D eigenvalue weighted by molar-refractivity contribution is -0.119. The number of allylic oxidation sites excluding steroid dienone is 1. The Morgan fingerprint density at radius 1 is 1.43 bits per heavy atom. The Hall–Kier alpha value is -0.790. The molecule has 14 heavy (non-hydrogen) atoms. The Balaban J connectivity index is 4.36. The predicted octanol–water partition coefficient (Wildman–Crippen LogP) is 2.89. The van der Waals surface area contributed by atoms with Gasteiger partial charge in [0.05, 0.1) is 0 Å². The molecule has 0 aromatic carbocycles. The fourth-order valence-electron chi connectivity index (χ4n) is 1.07. The van der Waals surface area contributed by atoms with Crippen LogP contribution in [-0.4, -0.2) is 11.4 Å². The number of hydrogen-bond acceptors (Lipinski definition) is 1. The van der Waals surface area contributed by atoms with E-state index >= 15 is 0 Å². The second-order valence-electron chi connectivity index (χ2n) is 4.79. The maximum atomic E-state index is 11.7. The second kappa shape index (κ2) is 5.18. The van der Waals surface area contributed by atoms with Gasteiger partial charge in [0.25, 0.3) is 0 Å². The van der Waals surface area contributed by atoms with E-state index in [1.54, 1.807) is 0 Å². The van der Waals surface area contributed by atoms with Gasteiger partial charge in [-0.2, -0.15) is 0 Å². The molecule has 0 unspecified atom stereocenters. The van der Waals surface area contributed by atoms with Crippen molar-refractivity contribution in [3.63, 3.8) is 0 Å². The lowest BCUT2D eigenvalue weighted by Gasteiger charge is -2.24. The van der Waals surface area contributed by atoms with Gasteiger partial charge in [0.2, 0.25) is 5.91 Å². The van der Waals surface area contributed by atoms with Crippen LogP contribution in [0.5, 0.6) is 0 Å². The molecule has 0 aromatic rings. The third kappa shape index (κ3) is 5.05. The van der Waals surface area contributed by atoms with E-state index in [2.05, 4.69) is 26.1 Å². The zero-order chi connectivity index (χ0) is 11.4. The molecule has 0 saturated carbocycles. The third-order valence-corrected chi connectivity index (χ3v) is 2.28. The molecule has 1 amide bonds. The van der Waals surface area contributed by atoms with E-state index in [9.17, 15) is 4.79 Å². The van der Waals surface area contributed by atoms with E-state index < -0.39 is 0 Å². The maximum absolute atomic E-state index is 11.7. The van der Waals surface area contributed by atoms with Gasteiger partial charge in [-0.05, 0) is 33.1 Å². The summed E-state index contributed by atoms with van der Waals surface area (Å²) < 4.78 is 0. The number of nitrogens with one attached hydrogen (secondary N) is 1. The number of carbonyl (C=O) groups is 1. The van der Waals surface area contributed by atoms with Gasteiger partial charge in [-0.15, -0.1) is 0 Å². The van der Waals surface area contributed by atoms with Crippen molar-refractivity contribution in [1.29, 1.82) is 0 Å². The summed E-state index contributed by atoms with van der Waals surface area (Å²) >= 11 is 0. The highest BCUT2D eigenvalue weighted by Crippen LogP contribution is 2.09. The van der Waals surface area contributed by atoms with Crippen LogP contribution in [0.2, 0.25) is 0 Å². The van der Waals surface area contributed by atoms with Crippen LogP contribution in [0.15, 0.2) is 11.6 Å². The fourth-order valence-corrected chi connectivity index (χ4v) is 1.07. The standard InChI is InChI=1S/C12H23NO/c1-7-12(5,6)13-11(14)10(4)8-9(2)3/h8-9H,7H2,1-6H3,(H,13,14)/b10-8+. The van der Waals surface area contributed by atoms with E-state index in [4.69, 9.17) is 0 Å². The first kappa shape index (κ1) is 13.2. The molecule has 0 aliphatic carbocycles. The molecule has 2 heteroatoms. The molecule has 0 fully saturated rings. The molecule has 0 aliphatic rings. The van der Waals surface area contributed by atoms with Crippen molar-refractivity contribution in [3.05, 3.63) is 11.6 Å². The van der Waals surface area contributed by atoms with Gasteiger partial charge >= 0.3 is 0 Å². The normalized spacial score (nSPS) is 13.2. The van der Waals surface area contributed by atoms with E-state index in [1.165, 1.54) is 0 Å². The van der Waals surface area contributed by atoms with E-state index in [1.807, 2.05) is 26.8 Å². The minimum Gasteiger partial charge on any atom is -0.347 e. The molecule has 0 radical (unpaired) electrons. The molecule has 0 spiro atoms. The zero-order valence-electron chi connectivity index (χ0n) is 10.3. The Labute approximate surface area is 87.8 Å². The van der Waals surface area contributed by atoms with Gasteiger partial charge in [-0.1, -0.05) is 26.8 Å². The average molecular weight is 197 g/mol. The summed E-state index contributed by atoms with van der Waals surface area (Å²) in [5.74, 6) is 0.469. The van der Waals surface area contributed by atoms with Gasteiger partial charge in [-0.3, -0.25) is 4.79 Å². The van der Waals surface area contributed by atoms with Gasteiger partial charge in [0, 0.05) is 11.1 Å². The van der Waals surface area contributed by atoms with Gasteiger partial charge in [0.15, 0.2) is 0 Å². The van der Waals surface area contributed by atoms with Crippen LogP contribution in [0.25, 0.3) is 0 Å². The molecule has 0 aliphatic heterocycles. The highest BCUT2D eigenvalue weighted by atomic mass is 16.1. The molecular weight excluding hydrogens is 174 g/mol. The summed E-state index contributed by atoms with van der Waals surface area (Å²) in [7, 11) is 0. The van der Waals surface area contributed by atoms with Crippen LogP contribution in [0, 0.1) is 5.92 Å². The Morgan fingerprint density at radius 2 is 1.93 bits per heavy atom. The summed E-state index contributed by atoms with van der Waals surface area (Å²) in [5, 5.41) is 3.00. The number of rotatable bonds is 4. The quantitative estimate of drug-likeness (QED) is 0.690. The summed E-state index contributed by atoms with van der Waals surface area (Å²) in [4.78, 5) is 11.7. The minimum absolute atomic E-state index is 0.0468. The zero-order valence-corrected chi connectivity index (χ0v) is 10.3. The molecule has 1 N–H and O–H groups in total. The van der Waals surface area contributed by atoms with Gasteiger partial charge in [0.1, 0.15) is 0 Å². The Bertz CT molecular complexity index is 226. The summed E-state index contributed by atoms with van der Waals surface area (Å²) in [6, 6.07) is 0. The van der Waals surface area contributed by atoms with Crippen molar-refractivity contribution in [2.75, 3.05) is 0 Å². The van der Waals surface area contributed by atoms with Crippen molar-refractivity contribution in [2.24, 2.45) is 5.92 Å². The molecule has 0 bridgehead atoms. The van der Waals surface area contributed by atoms with Crippen LogP contribution in [0.1, 0.15) is 48.0 Å². The predicted molar refractivity (Wildman–Crippen MR) is 61.1 cm³/mol. The van der Waals surface area contributed by atoms with Crippen molar-refractivity contribution in [3.8, 4) is 0 Å². The second-order valence-corrected chi connectivity index (χ2v) is 4.79. The van der Waals surface area contributed by atoms with Gasteiger partial charge < -0.3 is 5.32 Å². The Morgan fingerprint density at radius 3 is 2.29 bits per heavy atom. The smallest absolute Gasteiger partial charge is 0.247 e. The fraction of sp³-hybridized carbons (Fsp3) is 0.750. The van der Waals surface area contributed by atoms with Crippen LogP contribution >= 0.6 is 0 Å². The summed E-state index contributed by atoms with van der Waals surface area (Å²) in [5.41, 5.74) is 0.699. The van der Waals surface area contributed by atoms with Crippen LogP contribution in [0.3, 0.4) is 0 Å². The molecule has 0 rings (SSSR count). The van der Waals surface area contributed by atoms with Crippen molar-refractivity contribution in [1.82, 2.24) is 5.32 Å². The SMILES string of the molecule is CCC(C)(C)NC(=O)/C(C)=C/C(C)C. The molecule has 0 heterocycles. The lowest BCUT2D eigenvalue weighted by Crippen LogP contribution is -2.43. The van der Waals surface area contributed by atoms with Crippen LogP contribution in [-0.2, 0) is 4.79 Å². The first-order chi connectivity index (χ1) is 6.28. The molecule has 82 valence electrons. The molecular formula is C12H23NO. The largest absolute Gasteiger partial charge is 0.347 e.